The molecule has 0 fully saturated rings. The normalized spacial score (nSPS) is 10.3. The minimum Gasteiger partial charge on any atom is -0.481 e. The number of amides is 1. The van der Waals surface area contributed by atoms with Crippen molar-refractivity contribution in [3.05, 3.63) is 70.3 Å². The zero-order chi connectivity index (χ0) is 16.8. The van der Waals surface area contributed by atoms with E-state index in [-0.39, 0.29) is 12.3 Å². The summed E-state index contributed by atoms with van der Waals surface area (Å²) >= 11 is 0. The molecule has 0 radical (unpaired) electrons. The van der Waals surface area contributed by atoms with Crippen molar-refractivity contribution in [2.24, 2.45) is 0 Å². The number of hydrogen-bond donors (Lipinski definition) is 2. The lowest BCUT2D eigenvalue weighted by molar-refractivity contribution is -0.136. The molecule has 0 saturated carbocycles. The number of rotatable bonds is 6. The van der Waals surface area contributed by atoms with E-state index < -0.39 is 5.97 Å². The van der Waals surface area contributed by atoms with Gasteiger partial charge in [-0.15, -0.1) is 0 Å². The molecule has 0 bridgehead atoms. The van der Waals surface area contributed by atoms with E-state index in [9.17, 15) is 9.59 Å². The van der Waals surface area contributed by atoms with Crippen molar-refractivity contribution in [2.75, 3.05) is 0 Å². The largest absolute Gasteiger partial charge is 0.481 e. The second kappa shape index (κ2) is 7.58. The number of hydrogen-bond acceptors (Lipinski definition) is 2. The van der Waals surface area contributed by atoms with E-state index in [4.69, 9.17) is 5.11 Å². The van der Waals surface area contributed by atoms with Crippen molar-refractivity contribution in [1.29, 1.82) is 0 Å². The van der Waals surface area contributed by atoms with Crippen LogP contribution in [-0.2, 0) is 29.0 Å². The summed E-state index contributed by atoms with van der Waals surface area (Å²) in [6, 6.07) is 13.3. The lowest BCUT2D eigenvalue weighted by Gasteiger charge is -2.09. The van der Waals surface area contributed by atoms with Gasteiger partial charge in [0.2, 0.25) is 5.91 Å². The first-order valence-corrected chi connectivity index (χ1v) is 7.56. The SMILES string of the molecule is Cc1ccc(C)c(CC(=O)NCc2ccc(CC(=O)O)cc2)c1. The van der Waals surface area contributed by atoms with E-state index in [1.54, 1.807) is 12.1 Å². The van der Waals surface area contributed by atoms with Crippen LogP contribution in [0.1, 0.15) is 27.8 Å². The first-order valence-electron chi connectivity index (χ1n) is 7.56. The van der Waals surface area contributed by atoms with Crippen LogP contribution in [0.5, 0.6) is 0 Å². The monoisotopic (exact) mass is 311 g/mol. The molecule has 0 spiro atoms. The molecule has 0 aromatic heterocycles. The Morgan fingerprint density at radius 1 is 0.957 bits per heavy atom. The Kier molecular flexibility index (Phi) is 5.52. The Labute approximate surface area is 136 Å². The topological polar surface area (TPSA) is 66.4 Å². The summed E-state index contributed by atoms with van der Waals surface area (Å²) in [6.45, 7) is 4.46. The third kappa shape index (κ3) is 5.25. The van der Waals surface area contributed by atoms with Crippen LogP contribution in [-0.4, -0.2) is 17.0 Å². The number of carbonyl (C=O) groups excluding carboxylic acids is 1. The molecule has 2 aromatic carbocycles. The predicted molar refractivity (Wildman–Crippen MR) is 89.2 cm³/mol. The van der Waals surface area contributed by atoms with Gasteiger partial charge in [-0.1, -0.05) is 48.0 Å². The number of nitrogens with one attached hydrogen (secondary N) is 1. The summed E-state index contributed by atoms with van der Waals surface area (Å²) in [4.78, 5) is 22.7. The average molecular weight is 311 g/mol. The fourth-order valence-electron chi connectivity index (χ4n) is 2.38. The molecule has 2 N–H and O–H groups in total. The summed E-state index contributed by atoms with van der Waals surface area (Å²) in [6.07, 6.45) is 0.379. The summed E-state index contributed by atoms with van der Waals surface area (Å²) in [5, 5.41) is 11.6. The number of aryl methyl sites for hydroxylation is 2. The molecule has 0 unspecified atom stereocenters. The molecule has 2 rings (SSSR count). The highest BCUT2D eigenvalue weighted by atomic mass is 16.4. The molecule has 4 nitrogen and oxygen atoms in total. The molecular formula is C19H21NO3. The molecule has 4 heteroatoms. The van der Waals surface area contributed by atoms with E-state index in [0.717, 1.165) is 27.8 Å². The minimum atomic E-state index is -0.848. The van der Waals surface area contributed by atoms with E-state index in [0.29, 0.717) is 13.0 Å². The average Bonchev–Trinajstić information content (AvgIpc) is 2.50. The van der Waals surface area contributed by atoms with Crippen LogP contribution in [0.4, 0.5) is 0 Å². The van der Waals surface area contributed by atoms with Crippen molar-refractivity contribution < 1.29 is 14.7 Å². The minimum absolute atomic E-state index is 0.0132. The maximum Gasteiger partial charge on any atom is 0.307 e. The van der Waals surface area contributed by atoms with Crippen LogP contribution in [0.2, 0.25) is 0 Å². The molecule has 0 heterocycles. The molecule has 2 aromatic rings. The Bertz CT molecular complexity index is 705. The summed E-state index contributed by atoms with van der Waals surface area (Å²) < 4.78 is 0. The van der Waals surface area contributed by atoms with Crippen LogP contribution in [0.3, 0.4) is 0 Å². The van der Waals surface area contributed by atoms with E-state index in [1.807, 2.05) is 44.2 Å². The molecule has 120 valence electrons. The van der Waals surface area contributed by atoms with Gasteiger partial charge in [0, 0.05) is 6.54 Å². The highest BCUT2D eigenvalue weighted by Crippen LogP contribution is 2.11. The van der Waals surface area contributed by atoms with E-state index >= 15 is 0 Å². The fraction of sp³-hybridized carbons (Fsp3) is 0.263. The van der Waals surface area contributed by atoms with Crippen LogP contribution in [0, 0.1) is 13.8 Å². The van der Waals surface area contributed by atoms with Crippen molar-refractivity contribution in [3.8, 4) is 0 Å². The molecule has 23 heavy (non-hydrogen) atoms. The first-order chi connectivity index (χ1) is 10.9. The molecule has 0 aliphatic heterocycles. The molecule has 0 atom stereocenters. The summed E-state index contributed by atoms with van der Waals surface area (Å²) in [7, 11) is 0. The van der Waals surface area contributed by atoms with Gasteiger partial charge in [-0.25, -0.2) is 0 Å². The standard InChI is InChI=1S/C19H21NO3/c1-13-3-4-14(2)17(9-13)11-18(21)20-12-16-7-5-15(6-8-16)10-19(22)23/h3-9H,10-12H2,1-2H3,(H,20,21)(H,22,23). The van der Waals surface area contributed by atoms with Crippen LogP contribution in [0.15, 0.2) is 42.5 Å². The van der Waals surface area contributed by atoms with E-state index in [2.05, 4.69) is 5.32 Å². The number of aliphatic carboxylic acids is 1. The van der Waals surface area contributed by atoms with Gasteiger partial charge in [-0.2, -0.15) is 0 Å². The summed E-state index contributed by atoms with van der Waals surface area (Å²) in [5.74, 6) is -0.868. The van der Waals surface area contributed by atoms with Gasteiger partial charge in [-0.05, 0) is 36.1 Å². The Balaban J connectivity index is 1.89. The maximum atomic E-state index is 12.1. The summed E-state index contributed by atoms with van der Waals surface area (Å²) in [5.41, 5.74) is 5.01. The molecule has 0 aliphatic rings. The number of benzene rings is 2. The number of carboxylic acid groups (broad SMARTS) is 1. The number of carboxylic acids is 1. The first kappa shape index (κ1) is 16.7. The quantitative estimate of drug-likeness (QED) is 0.862. The van der Waals surface area contributed by atoms with Crippen LogP contribution in [0.25, 0.3) is 0 Å². The zero-order valence-electron chi connectivity index (χ0n) is 13.4. The van der Waals surface area contributed by atoms with Gasteiger partial charge in [0.15, 0.2) is 0 Å². The van der Waals surface area contributed by atoms with Crippen molar-refractivity contribution in [2.45, 2.75) is 33.2 Å². The highest BCUT2D eigenvalue weighted by molar-refractivity contribution is 5.79. The lowest BCUT2D eigenvalue weighted by atomic mass is 10.0. The highest BCUT2D eigenvalue weighted by Gasteiger charge is 2.07. The molecule has 0 aliphatic carbocycles. The van der Waals surface area contributed by atoms with Gasteiger partial charge >= 0.3 is 5.97 Å². The predicted octanol–water partition coefficient (Wildman–Crippen LogP) is 2.79. The molecule has 0 saturated heterocycles. The fourth-order valence-corrected chi connectivity index (χ4v) is 2.38. The lowest BCUT2D eigenvalue weighted by Crippen LogP contribution is -2.24. The van der Waals surface area contributed by atoms with Crippen molar-refractivity contribution in [3.63, 3.8) is 0 Å². The van der Waals surface area contributed by atoms with Gasteiger partial charge in [0.1, 0.15) is 0 Å². The van der Waals surface area contributed by atoms with Gasteiger partial charge < -0.3 is 10.4 Å². The maximum absolute atomic E-state index is 12.1. The molecule has 1 amide bonds. The van der Waals surface area contributed by atoms with Crippen LogP contribution >= 0.6 is 0 Å². The second-order valence-corrected chi connectivity index (χ2v) is 5.77. The number of carbonyl (C=O) groups is 2. The van der Waals surface area contributed by atoms with Crippen LogP contribution < -0.4 is 5.32 Å². The zero-order valence-corrected chi connectivity index (χ0v) is 13.4. The second-order valence-electron chi connectivity index (χ2n) is 5.77. The third-order valence-corrected chi connectivity index (χ3v) is 3.72. The Morgan fingerprint density at radius 2 is 1.61 bits per heavy atom. The van der Waals surface area contributed by atoms with Gasteiger partial charge in [-0.3, -0.25) is 9.59 Å². The third-order valence-electron chi connectivity index (χ3n) is 3.72. The Morgan fingerprint density at radius 3 is 2.26 bits per heavy atom. The van der Waals surface area contributed by atoms with E-state index in [1.165, 1.54) is 0 Å². The van der Waals surface area contributed by atoms with Gasteiger partial charge in [0.05, 0.1) is 12.8 Å². The van der Waals surface area contributed by atoms with Crippen molar-refractivity contribution in [1.82, 2.24) is 5.32 Å². The smallest absolute Gasteiger partial charge is 0.307 e. The van der Waals surface area contributed by atoms with Crippen molar-refractivity contribution >= 4 is 11.9 Å². The molecular weight excluding hydrogens is 290 g/mol. The van der Waals surface area contributed by atoms with Gasteiger partial charge in [0.25, 0.3) is 0 Å². The Hall–Kier alpha value is -2.62.